The maximum absolute atomic E-state index is 11.6. The van der Waals surface area contributed by atoms with Gasteiger partial charge in [0, 0.05) is 24.9 Å². The van der Waals surface area contributed by atoms with Gasteiger partial charge in [-0.2, -0.15) is 0 Å². The lowest BCUT2D eigenvalue weighted by atomic mass is 10.2. The molecule has 0 unspecified atom stereocenters. The lowest BCUT2D eigenvalue weighted by Crippen LogP contribution is -2.34. The molecule has 0 saturated carbocycles. The highest BCUT2D eigenvalue weighted by Gasteiger charge is 2.10. The Morgan fingerprint density at radius 3 is 2.45 bits per heavy atom. The first-order valence-electron chi connectivity index (χ1n) is 5.97. The van der Waals surface area contributed by atoms with Crippen LogP contribution in [0.25, 0.3) is 0 Å². The number of carbonyl (C=O) groups is 3. The van der Waals surface area contributed by atoms with E-state index in [1.165, 1.54) is 24.8 Å². The third-order valence-corrected chi connectivity index (χ3v) is 3.37. The zero-order valence-electron chi connectivity index (χ0n) is 11.0. The fourth-order valence-corrected chi connectivity index (χ4v) is 2.28. The van der Waals surface area contributed by atoms with Gasteiger partial charge in [-0.3, -0.25) is 9.59 Å². The summed E-state index contributed by atoms with van der Waals surface area (Å²) in [5.74, 6) is -1.24. The van der Waals surface area contributed by atoms with Gasteiger partial charge >= 0.3 is 5.97 Å². The van der Waals surface area contributed by atoms with Crippen LogP contribution in [0.3, 0.4) is 0 Å². The quantitative estimate of drug-likeness (QED) is 0.509. The topological polar surface area (TPSA) is 95.5 Å². The Labute approximate surface area is 120 Å². The van der Waals surface area contributed by atoms with Crippen LogP contribution in [0.1, 0.15) is 17.3 Å². The molecule has 20 heavy (non-hydrogen) atoms. The molecule has 1 rings (SSSR count). The number of carboxylic acid groups (broad SMARTS) is 1. The van der Waals surface area contributed by atoms with Crippen LogP contribution < -0.4 is 10.6 Å². The predicted octanol–water partition coefficient (Wildman–Crippen LogP) is 0.729. The molecule has 1 aromatic rings. The van der Waals surface area contributed by atoms with Crippen LogP contribution >= 0.6 is 11.8 Å². The summed E-state index contributed by atoms with van der Waals surface area (Å²) in [6.45, 7) is 2.12. The van der Waals surface area contributed by atoms with E-state index in [1.807, 2.05) is 0 Å². The highest BCUT2D eigenvalue weighted by atomic mass is 32.2. The van der Waals surface area contributed by atoms with Gasteiger partial charge in [0.15, 0.2) is 0 Å². The summed E-state index contributed by atoms with van der Waals surface area (Å²) < 4.78 is 0. The molecule has 1 aromatic carbocycles. The zero-order chi connectivity index (χ0) is 15.0. The summed E-state index contributed by atoms with van der Waals surface area (Å²) in [5.41, 5.74) is 0.184. The Hall–Kier alpha value is -2.02. The van der Waals surface area contributed by atoms with Crippen molar-refractivity contribution in [1.29, 1.82) is 0 Å². The van der Waals surface area contributed by atoms with Gasteiger partial charge in [-0.1, -0.05) is 12.1 Å². The number of carboxylic acids is 1. The summed E-state index contributed by atoms with van der Waals surface area (Å²) in [6, 6.07) is 6.53. The van der Waals surface area contributed by atoms with Crippen molar-refractivity contribution in [3.8, 4) is 0 Å². The predicted molar refractivity (Wildman–Crippen MR) is 75.8 cm³/mol. The molecule has 6 nitrogen and oxygen atoms in total. The number of nitrogens with one attached hydrogen (secondary N) is 2. The number of carbonyl (C=O) groups excluding carboxylic acids is 2. The van der Waals surface area contributed by atoms with Crippen molar-refractivity contribution in [2.45, 2.75) is 11.8 Å². The molecule has 0 bridgehead atoms. The Morgan fingerprint density at radius 2 is 1.80 bits per heavy atom. The number of hydrogen-bond donors (Lipinski definition) is 3. The molecule has 0 aromatic heterocycles. The van der Waals surface area contributed by atoms with E-state index in [1.54, 1.807) is 18.2 Å². The molecule has 108 valence electrons. The maximum atomic E-state index is 11.6. The number of rotatable bonds is 7. The monoisotopic (exact) mass is 296 g/mol. The largest absolute Gasteiger partial charge is 0.478 e. The summed E-state index contributed by atoms with van der Waals surface area (Å²) >= 11 is 1.17. The molecule has 0 aliphatic heterocycles. The zero-order valence-corrected chi connectivity index (χ0v) is 11.8. The van der Waals surface area contributed by atoms with Crippen LogP contribution in [0.5, 0.6) is 0 Å². The molecule has 3 N–H and O–H groups in total. The Morgan fingerprint density at radius 1 is 1.15 bits per heavy atom. The first-order valence-corrected chi connectivity index (χ1v) is 6.95. The van der Waals surface area contributed by atoms with E-state index >= 15 is 0 Å². The van der Waals surface area contributed by atoms with Crippen LogP contribution in [-0.4, -0.2) is 41.7 Å². The van der Waals surface area contributed by atoms with Gasteiger partial charge in [0.2, 0.25) is 11.8 Å². The molecule has 0 heterocycles. The molecule has 0 spiro atoms. The van der Waals surface area contributed by atoms with Gasteiger partial charge in [0.25, 0.3) is 0 Å². The number of benzene rings is 1. The van der Waals surface area contributed by atoms with Crippen molar-refractivity contribution in [3.63, 3.8) is 0 Å². The van der Waals surface area contributed by atoms with Gasteiger partial charge in [0.05, 0.1) is 11.3 Å². The van der Waals surface area contributed by atoms with Gasteiger partial charge in [0.1, 0.15) is 0 Å². The van der Waals surface area contributed by atoms with E-state index in [2.05, 4.69) is 10.6 Å². The normalized spacial score (nSPS) is 9.85. The highest BCUT2D eigenvalue weighted by molar-refractivity contribution is 8.00. The Balaban J connectivity index is 2.38. The number of amides is 2. The molecule has 0 aliphatic rings. The van der Waals surface area contributed by atoms with Crippen molar-refractivity contribution < 1.29 is 19.5 Å². The van der Waals surface area contributed by atoms with Crippen LogP contribution in [0.15, 0.2) is 29.2 Å². The molecule has 0 saturated heterocycles. The van der Waals surface area contributed by atoms with Gasteiger partial charge in [-0.05, 0) is 12.1 Å². The smallest absolute Gasteiger partial charge is 0.336 e. The van der Waals surface area contributed by atoms with Crippen molar-refractivity contribution >= 4 is 29.5 Å². The van der Waals surface area contributed by atoms with Crippen molar-refractivity contribution in [2.24, 2.45) is 0 Å². The molecule has 0 aliphatic carbocycles. The summed E-state index contributed by atoms with van der Waals surface area (Å²) in [4.78, 5) is 33.7. The average Bonchev–Trinajstić information content (AvgIpc) is 2.41. The van der Waals surface area contributed by atoms with Gasteiger partial charge in [-0.15, -0.1) is 11.8 Å². The van der Waals surface area contributed by atoms with Gasteiger partial charge < -0.3 is 15.7 Å². The van der Waals surface area contributed by atoms with Crippen LogP contribution in [0.2, 0.25) is 0 Å². The second-order valence-corrected chi connectivity index (χ2v) is 4.94. The van der Waals surface area contributed by atoms with Crippen molar-refractivity contribution in [3.05, 3.63) is 29.8 Å². The minimum absolute atomic E-state index is 0.129. The van der Waals surface area contributed by atoms with E-state index < -0.39 is 5.97 Å². The third-order valence-electron chi connectivity index (χ3n) is 2.30. The second-order valence-electron chi connectivity index (χ2n) is 3.92. The lowest BCUT2D eigenvalue weighted by Gasteiger charge is -2.07. The minimum Gasteiger partial charge on any atom is -0.478 e. The second kappa shape index (κ2) is 8.21. The van der Waals surface area contributed by atoms with Crippen molar-refractivity contribution in [2.75, 3.05) is 18.8 Å². The maximum Gasteiger partial charge on any atom is 0.336 e. The summed E-state index contributed by atoms with van der Waals surface area (Å²) in [7, 11) is 0. The van der Waals surface area contributed by atoms with Crippen LogP contribution in [-0.2, 0) is 9.59 Å². The summed E-state index contributed by atoms with van der Waals surface area (Å²) in [6.07, 6.45) is 0. The summed E-state index contributed by atoms with van der Waals surface area (Å²) in [5, 5.41) is 14.2. The lowest BCUT2D eigenvalue weighted by molar-refractivity contribution is -0.120. The number of hydrogen-bond acceptors (Lipinski definition) is 4. The van der Waals surface area contributed by atoms with E-state index in [0.717, 1.165) is 0 Å². The first-order chi connectivity index (χ1) is 9.50. The van der Waals surface area contributed by atoms with Crippen LogP contribution in [0, 0.1) is 0 Å². The van der Waals surface area contributed by atoms with E-state index in [4.69, 9.17) is 5.11 Å². The van der Waals surface area contributed by atoms with E-state index in [-0.39, 0.29) is 23.1 Å². The van der Waals surface area contributed by atoms with E-state index in [0.29, 0.717) is 18.0 Å². The Bertz CT molecular complexity index is 505. The molecular weight excluding hydrogens is 280 g/mol. The molecule has 7 heteroatoms. The molecule has 0 fully saturated rings. The Kier molecular flexibility index (Phi) is 6.58. The fraction of sp³-hybridized carbons (Fsp3) is 0.308. The minimum atomic E-state index is -1.01. The fourth-order valence-electron chi connectivity index (χ4n) is 1.40. The molecular formula is C13H16N2O4S. The molecule has 2 amide bonds. The molecule has 0 atom stereocenters. The third kappa shape index (κ3) is 5.75. The highest BCUT2D eigenvalue weighted by Crippen LogP contribution is 2.22. The molecule has 0 radical (unpaired) electrons. The number of aromatic carboxylic acids is 1. The standard InChI is InChI=1S/C13H16N2O4S/c1-9(16)14-6-7-15-12(17)8-20-11-5-3-2-4-10(11)13(18)19/h2-5H,6-8H2,1H3,(H,14,16)(H,15,17)(H,18,19). The average molecular weight is 296 g/mol. The first kappa shape index (κ1) is 16.0. The van der Waals surface area contributed by atoms with Crippen LogP contribution in [0.4, 0.5) is 0 Å². The number of thioether (sulfide) groups is 1. The van der Waals surface area contributed by atoms with E-state index in [9.17, 15) is 14.4 Å². The van der Waals surface area contributed by atoms with Crippen molar-refractivity contribution in [1.82, 2.24) is 10.6 Å². The SMILES string of the molecule is CC(=O)NCCNC(=O)CSc1ccccc1C(=O)O. The van der Waals surface area contributed by atoms with Gasteiger partial charge in [-0.25, -0.2) is 4.79 Å².